The third-order valence-corrected chi connectivity index (χ3v) is 3.94. The van der Waals surface area contributed by atoms with Crippen molar-refractivity contribution in [1.29, 1.82) is 0 Å². The van der Waals surface area contributed by atoms with E-state index in [9.17, 15) is 0 Å². The van der Waals surface area contributed by atoms with E-state index in [0.29, 0.717) is 17.5 Å². The number of ether oxygens (including phenoxy) is 2. The van der Waals surface area contributed by atoms with Gasteiger partial charge in [0.1, 0.15) is 18.1 Å². The van der Waals surface area contributed by atoms with E-state index >= 15 is 0 Å². The van der Waals surface area contributed by atoms with Gasteiger partial charge < -0.3 is 9.47 Å². The smallest absolute Gasteiger partial charge is 0.134 e. The number of hydrogen-bond acceptors (Lipinski definition) is 2. The van der Waals surface area contributed by atoms with Gasteiger partial charge in [-0.3, -0.25) is 0 Å². The van der Waals surface area contributed by atoms with E-state index in [0.717, 1.165) is 27.1 Å². The van der Waals surface area contributed by atoms with Crippen LogP contribution in [-0.4, -0.2) is 7.11 Å². The van der Waals surface area contributed by atoms with Gasteiger partial charge in [-0.15, -0.1) is 11.6 Å². The summed E-state index contributed by atoms with van der Waals surface area (Å²) >= 11 is 15.3. The molecule has 5 heteroatoms. The molecule has 2 aromatic carbocycles. The van der Waals surface area contributed by atoms with E-state index in [1.807, 2.05) is 30.3 Å². The second kappa shape index (κ2) is 7.21. The van der Waals surface area contributed by atoms with Crippen molar-refractivity contribution in [3.05, 3.63) is 57.0 Å². The van der Waals surface area contributed by atoms with Crippen molar-refractivity contribution in [2.75, 3.05) is 7.11 Å². The van der Waals surface area contributed by atoms with E-state index in [4.69, 9.17) is 32.7 Å². The average molecular weight is 376 g/mol. The van der Waals surface area contributed by atoms with Crippen LogP contribution in [0.15, 0.2) is 40.9 Å². The molecule has 0 saturated carbocycles. The highest BCUT2D eigenvalue weighted by Gasteiger charge is 2.07. The normalized spacial score (nSPS) is 10.4. The molecule has 20 heavy (non-hydrogen) atoms. The third kappa shape index (κ3) is 3.81. The molecule has 0 heterocycles. The van der Waals surface area contributed by atoms with Crippen LogP contribution < -0.4 is 9.47 Å². The minimum absolute atomic E-state index is 0.378. The quantitative estimate of drug-likeness (QED) is 0.648. The molecular weight excluding hydrogens is 363 g/mol. The molecule has 0 bridgehead atoms. The second-order valence-electron chi connectivity index (χ2n) is 4.14. The molecule has 2 nitrogen and oxygen atoms in total. The van der Waals surface area contributed by atoms with E-state index in [1.54, 1.807) is 13.2 Å². The summed E-state index contributed by atoms with van der Waals surface area (Å²) in [6.45, 7) is 0.378. The average Bonchev–Trinajstić information content (AvgIpc) is 2.46. The zero-order chi connectivity index (χ0) is 14.5. The van der Waals surface area contributed by atoms with Crippen LogP contribution in [0.2, 0.25) is 5.02 Å². The van der Waals surface area contributed by atoms with Gasteiger partial charge >= 0.3 is 0 Å². The maximum Gasteiger partial charge on any atom is 0.134 e. The molecular formula is C15H13BrCl2O2. The van der Waals surface area contributed by atoms with Crippen LogP contribution in [-0.2, 0) is 12.5 Å². The standard InChI is InChI=1S/C15H13BrCl2O2/c1-19-14-5-3-12(18)7-11(14)9-20-15-4-2-10(8-17)6-13(15)16/h2-7H,8-9H2,1H3. The first-order valence-corrected chi connectivity index (χ1v) is 7.64. The zero-order valence-corrected chi connectivity index (χ0v) is 13.9. The van der Waals surface area contributed by atoms with Crippen molar-refractivity contribution < 1.29 is 9.47 Å². The van der Waals surface area contributed by atoms with Crippen LogP contribution in [0, 0.1) is 0 Å². The lowest BCUT2D eigenvalue weighted by atomic mass is 10.2. The number of halogens is 3. The SMILES string of the molecule is COc1ccc(Cl)cc1COc1ccc(CCl)cc1Br. The Balaban J connectivity index is 2.14. The van der Waals surface area contributed by atoms with E-state index in [-0.39, 0.29) is 0 Å². The first-order chi connectivity index (χ1) is 9.63. The molecule has 0 aliphatic carbocycles. The summed E-state index contributed by atoms with van der Waals surface area (Å²) in [5, 5.41) is 0.654. The molecule has 0 spiro atoms. The monoisotopic (exact) mass is 374 g/mol. The maximum absolute atomic E-state index is 5.99. The van der Waals surface area contributed by atoms with E-state index in [1.165, 1.54) is 0 Å². The fourth-order valence-electron chi connectivity index (χ4n) is 1.76. The topological polar surface area (TPSA) is 18.5 Å². The van der Waals surface area contributed by atoms with Crippen molar-refractivity contribution >= 4 is 39.1 Å². The lowest BCUT2D eigenvalue weighted by Crippen LogP contribution is -1.99. The Kier molecular flexibility index (Phi) is 5.58. The highest BCUT2D eigenvalue weighted by molar-refractivity contribution is 9.10. The first-order valence-electron chi connectivity index (χ1n) is 5.93. The second-order valence-corrected chi connectivity index (χ2v) is 5.70. The summed E-state index contributed by atoms with van der Waals surface area (Å²) in [5.41, 5.74) is 1.93. The van der Waals surface area contributed by atoms with Crippen LogP contribution in [0.1, 0.15) is 11.1 Å². The van der Waals surface area contributed by atoms with Crippen LogP contribution in [0.4, 0.5) is 0 Å². The van der Waals surface area contributed by atoms with Gasteiger partial charge in [0.15, 0.2) is 0 Å². The summed E-state index contributed by atoms with van der Waals surface area (Å²) in [6, 6.07) is 11.2. The van der Waals surface area contributed by atoms with E-state index in [2.05, 4.69) is 15.9 Å². The molecule has 2 rings (SSSR count). The molecule has 0 fully saturated rings. The third-order valence-electron chi connectivity index (χ3n) is 2.78. The summed E-state index contributed by atoms with van der Waals surface area (Å²) < 4.78 is 12.0. The van der Waals surface area contributed by atoms with Crippen LogP contribution >= 0.6 is 39.1 Å². The Morgan fingerprint density at radius 2 is 1.85 bits per heavy atom. The first kappa shape index (κ1) is 15.5. The molecule has 2 aromatic rings. The summed E-state index contributed by atoms with van der Waals surface area (Å²) in [6.07, 6.45) is 0. The molecule has 0 N–H and O–H groups in total. The van der Waals surface area contributed by atoms with Crippen molar-refractivity contribution in [1.82, 2.24) is 0 Å². The number of benzene rings is 2. The van der Waals surface area contributed by atoms with Gasteiger partial charge in [-0.1, -0.05) is 17.7 Å². The van der Waals surface area contributed by atoms with Gasteiger partial charge in [0.25, 0.3) is 0 Å². The lowest BCUT2D eigenvalue weighted by Gasteiger charge is -2.12. The van der Waals surface area contributed by atoms with E-state index < -0.39 is 0 Å². The minimum Gasteiger partial charge on any atom is -0.496 e. The van der Waals surface area contributed by atoms with Crippen molar-refractivity contribution in [2.45, 2.75) is 12.5 Å². The van der Waals surface area contributed by atoms with Gasteiger partial charge in [-0.2, -0.15) is 0 Å². The van der Waals surface area contributed by atoms with Gasteiger partial charge in [0.2, 0.25) is 0 Å². The molecule has 0 amide bonds. The van der Waals surface area contributed by atoms with Gasteiger partial charge in [-0.05, 0) is 51.8 Å². The highest BCUT2D eigenvalue weighted by atomic mass is 79.9. The summed E-state index contributed by atoms with van der Waals surface area (Å²) in [7, 11) is 1.62. The number of methoxy groups -OCH3 is 1. The highest BCUT2D eigenvalue weighted by Crippen LogP contribution is 2.29. The van der Waals surface area contributed by atoms with Crippen LogP contribution in [0.5, 0.6) is 11.5 Å². The number of hydrogen-bond donors (Lipinski definition) is 0. The predicted octanol–water partition coefficient (Wildman–Crippen LogP) is 5.43. The maximum atomic E-state index is 5.99. The minimum atomic E-state index is 0.378. The van der Waals surface area contributed by atoms with Crippen molar-refractivity contribution in [3.8, 4) is 11.5 Å². The van der Waals surface area contributed by atoms with Gasteiger partial charge in [-0.25, -0.2) is 0 Å². The Hall–Kier alpha value is -0.900. The Labute approximate surface area is 136 Å². The zero-order valence-electron chi connectivity index (χ0n) is 10.8. The Morgan fingerprint density at radius 3 is 2.50 bits per heavy atom. The van der Waals surface area contributed by atoms with Crippen LogP contribution in [0.3, 0.4) is 0 Å². The molecule has 0 aliphatic heterocycles. The fraction of sp³-hybridized carbons (Fsp3) is 0.200. The predicted molar refractivity (Wildman–Crippen MR) is 86.0 cm³/mol. The molecule has 0 aliphatic rings. The molecule has 0 saturated heterocycles. The Bertz CT molecular complexity index is 602. The van der Waals surface area contributed by atoms with Crippen molar-refractivity contribution in [2.24, 2.45) is 0 Å². The number of alkyl halides is 1. The largest absolute Gasteiger partial charge is 0.496 e. The molecule has 0 aromatic heterocycles. The molecule has 0 radical (unpaired) electrons. The van der Waals surface area contributed by atoms with Gasteiger partial charge in [0, 0.05) is 16.5 Å². The molecule has 0 unspecified atom stereocenters. The summed E-state index contributed by atoms with van der Waals surface area (Å²) in [4.78, 5) is 0. The lowest BCUT2D eigenvalue weighted by molar-refractivity contribution is 0.295. The van der Waals surface area contributed by atoms with Crippen LogP contribution in [0.25, 0.3) is 0 Å². The number of rotatable bonds is 5. The van der Waals surface area contributed by atoms with Crippen molar-refractivity contribution in [3.63, 3.8) is 0 Å². The fourth-order valence-corrected chi connectivity index (χ4v) is 2.66. The van der Waals surface area contributed by atoms with Gasteiger partial charge in [0.05, 0.1) is 11.6 Å². The molecule has 0 atom stereocenters. The summed E-state index contributed by atoms with van der Waals surface area (Å²) in [5.74, 6) is 1.98. The molecule has 106 valence electrons. The Morgan fingerprint density at radius 1 is 1.10 bits per heavy atom.